The predicted molar refractivity (Wildman–Crippen MR) is 84.5 cm³/mol. The number of carbonyl (C=O) groups is 1. The number of carbonyl (C=O) groups excluding carboxylic acids is 1. The molecule has 0 aliphatic carbocycles. The van der Waals surface area contributed by atoms with Gasteiger partial charge in [0.1, 0.15) is 0 Å². The molecule has 0 atom stereocenters. The van der Waals surface area contributed by atoms with E-state index in [4.69, 9.17) is 9.15 Å². The van der Waals surface area contributed by atoms with Crippen LogP contribution in [0.5, 0.6) is 0 Å². The molecule has 1 heterocycles. The molecule has 0 radical (unpaired) electrons. The van der Waals surface area contributed by atoms with Gasteiger partial charge in [0, 0.05) is 18.7 Å². The fraction of sp³-hybridized carbons (Fsp3) is 0.312. The average molecular weight is 337 g/mol. The van der Waals surface area contributed by atoms with Crippen molar-refractivity contribution in [3.05, 3.63) is 53.5 Å². The summed E-state index contributed by atoms with van der Waals surface area (Å²) in [6.07, 6.45) is 3.01. The van der Waals surface area contributed by atoms with E-state index in [-0.39, 0.29) is 17.0 Å². The van der Waals surface area contributed by atoms with E-state index in [1.54, 1.807) is 26.0 Å². The molecule has 0 saturated carbocycles. The molecule has 2 aromatic rings. The molecule has 0 fully saturated rings. The smallest absolute Gasteiger partial charge is 0.338 e. The molecule has 7 heteroatoms. The Morgan fingerprint density at radius 3 is 2.61 bits per heavy atom. The Bertz CT molecular complexity index is 781. The van der Waals surface area contributed by atoms with Crippen LogP contribution in [0.25, 0.3) is 0 Å². The highest BCUT2D eigenvalue weighted by Gasteiger charge is 2.27. The fourth-order valence-corrected chi connectivity index (χ4v) is 4.00. The third kappa shape index (κ3) is 3.46. The summed E-state index contributed by atoms with van der Waals surface area (Å²) in [6, 6.07) is 6.30. The van der Waals surface area contributed by atoms with E-state index in [1.165, 1.54) is 36.1 Å². The van der Waals surface area contributed by atoms with E-state index in [0.29, 0.717) is 12.1 Å². The maximum Gasteiger partial charge on any atom is 0.338 e. The van der Waals surface area contributed by atoms with Gasteiger partial charge >= 0.3 is 5.97 Å². The van der Waals surface area contributed by atoms with Crippen molar-refractivity contribution in [2.75, 3.05) is 13.7 Å². The lowest BCUT2D eigenvalue weighted by Gasteiger charge is -2.21. The van der Waals surface area contributed by atoms with Gasteiger partial charge in [-0.2, -0.15) is 4.31 Å². The summed E-state index contributed by atoms with van der Waals surface area (Å²) in [5, 5.41) is 0. The van der Waals surface area contributed by atoms with E-state index in [9.17, 15) is 13.2 Å². The lowest BCUT2D eigenvalue weighted by molar-refractivity contribution is 0.0599. The molecular weight excluding hydrogens is 318 g/mol. The Morgan fingerprint density at radius 2 is 2.04 bits per heavy atom. The third-order valence-corrected chi connectivity index (χ3v) is 5.66. The van der Waals surface area contributed by atoms with Crippen LogP contribution in [0, 0.1) is 6.92 Å². The van der Waals surface area contributed by atoms with Crippen LogP contribution in [0.2, 0.25) is 0 Å². The third-order valence-electron chi connectivity index (χ3n) is 3.60. The van der Waals surface area contributed by atoms with E-state index >= 15 is 0 Å². The van der Waals surface area contributed by atoms with Crippen molar-refractivity contribution in [1.82, 2.24) is 4.31 Å². The van der Waals surface area contributed by atoms with E-state index < -0.39 is 16.0 Å². The lowest BCUT2D eigenvalue weighted by Crippen LogP contribution is -2.31. The molecule has 6 nitrogen and oxygen atoms in total. The summed E-state index contributed by atoms with van der Waals surface area (Å²) in [5.41, 5.74) is 1.38. The van der Waals surface area contributed by atoms with Crippen molar-refractivity contribution in [2.24, 2.45) is 0 Å². The minimum absolute atomic E-state index is 0.103. The SMILES string of the molecule is CCN(Cc1ccoc1)S(=O)(=O)c1cccc(C(=O)OC)c1C. The summed E-state index contributed by atoms with van der Waals surface area (Å²) in [6.45, 7) is 3.87. The topological polar surface area (TPSA) is 76.8 Å². The van der Waals surface area contributed by atoms with Crippen LogP contribution in [-0.2, 0) is 21.3 Å². The summed E-state index contributed by atoms with van der Waals surface area (Å²) in [5.74, 6) is -0.558. The monoisotopic (exact) mass is 337 g/mol. The summed E-state index contributed by atoms with van der Waals surface area (Å²) >= 11 is 0. The number of methoxy groups -OCH3 is 1. The van der Waals surface area contributed by atoms with Gasteiger partial charge in [-0.05, 0) is 30.7 Å². The fourth-order valence-electron chi connectivity index (χ4n) is 2.32. The van der Waals surface area contributed by atoms with Gasteiger partial charge in [0.05, 0.1) is 30.1 Å². The second kappa shape index (κ2) is 6.97. The van der Waals surface area contributed by atoms with Gasteiger partial charge in [0.15, 0.2) is 0 Å². The number of furan rings is 1. The first-order valence-corrected chi connectivity index (χ1v) is 8.55. The highest BCUT2D eigenvalue weighted by atomic mass is 32.2. The molecule has 2 rings (SSSR count). The molecule has 0 aliphatic heterocycles. The average Bonchev–Trinajstić information content (AvgIpc) is 3.04. The van der Waals surface area contributed by atoms with Crippen LogP contribution in [-0.4, -0.2) is 32.3 Å². The quantitative estimate of drug-likeness (QED) is 0.757. The van der Waals surface area contributed by atoms with Gasteiger partial charge in [-0.15, -0.1) is 0 Å². The number of ether oxygens (including phenoxy) is 1. The number of hydrogen-bond acceptors (Lipinski definition) is 5. The molecule has 1 aromatic heterocycles. The normalized spacial score (nSPS) is 11.7. The predicted octanol–water partition coefficient (Wildman–Crippen LogP) is 2.59. The second-order valence-electron chi connectivity index (χ2n) is 4.98. The van der Waals surface area contributed by atoms with Gasteiger partial charge in [-0.3, -0.25) is 0 Å². The summed E-state index contributed by atoms with van der Waals surface area (Å²) in [4.78, 5) is 11.9. The zero-order valence-corrected chi connectivity index (χ0v) is 14.1. The Hall–Kier alpha value is -2.12. The van der Waals surface area contributed by atoms with Crippen LogP contribution in [0.4, 0.5) is 0 Å². The zero-order valence-electron chi connectivity index (χ0n) is 13.3. The number of benzene rings is 1. The van der Waals surface area contributed by atoms with Crippen LogP contribution >= 0.6 is 0 Å². The van der Waals surface area contributed by atoms with Crippen molar-refractivity contribution < 1.29 is 22.4 Å². The van der Waals surface area contributed by atoms with E-state index in [1.807, 2.05) is 0 Å². The Labute approximate surface area is 135 Å². The molecule has 1 aromatic carbocycles. The van der Waals surface area contributed by atoms with Crippen molar-refractivity contribution in [2.45, 2.75) is 25.3 Å². The van der Waals surface area contributed by atoms with Crippen molar-refractivity contribution >= 4 is 16.0 Å². The molecule has 124 valence electrons. The molecule has 0 spiro atoms. The first-order chi connectivity index (χ1) is 10.9. The van der Waals surface area contributed by atoms with Crippen molar-refractivity contribution in [3.63, 3.8) is 0 Å². The second-order valence-corrected chi connectivity index (χ2v) is 6.89. The first kappa shape index (κ1) is 17.2. The van der Waals surface area contributed by atoms with Gasteiger partial charge in [-0.25, -0.2) is 13.2 Å². The molecule has 0 bridgehead atoms. The van der Waals surface area contributed by atoms with E-state index in [2.05, 4.69) is 0 Å². The molecule has 0 aliphatic rings. The van der Waals surface area contributed by atoms with Crippen LogP contribution < -0.4 is 0 Å². The summed E-state index contributed by atoms with van der Waals surface area (Å²) in [7, 11) is -2.47. The van der Waals surface area contributed by atoms with Gasteiger partial charge in [-0.1, -0.05) is 13.0 Å². The van der Waals surface area contributed by atoms with Crippen molar-refractivity contribution in [3.8, 4) is 0 Å². The zero-order chi connectivity index (χ0) is 17.0. The molecule has 23 heavy (non-hydrogen) atoms. The molecular formula is C16H19NO5S. The highest BCUT2D eigenvalue weighted by Crippen LogP contribution is 2.24. The Kier molecular flexibility index (Phi) is 5.23. The summed E-state index contributed by atoms with van der Waals surface area (Å²) < 4.78 is 36.8. The minimum Gasteiger partial charge on any atom is -0.472 e. The minimum atomic E-state index is -3.74. The number of hydrogen-bond donors (Lipinski definition) is 0. The van der Waals surface area contributed by atoms with Crippen molar-refractivity contribution in [1.29, 1.82) is 0 Å². The van der Waals surface area contributed by atoms with Crippen LogP contribution in [0.15, 0.2) is 46.1 Å². The van der Waals surface area contributed by atoms with E-state index in [0.717, 1.165) is 5.56 Å². The lowest BCUT2D eigenvalue weighted by atomic mass is 10.1. The molecule has 0 saturated heterocycles. The first-order valence-electron chi connectivity index (χ1n) is 7.11. The number of nitrogens with zero attached hydrogens (tertiary/aromatic N) is 1. The van der Waals surface area contributed by atoms with Gasteiger partial charge in [0.25, 0.3) is 0 Å². The Morgan fingerprint density at radius 1 is 1.30 bits per heavy atom. The maximum atomic E-state index is 12.9. The number of esters is 1. The number of sulfonamides is 1. The van der Waals surface area contributed by atoms with Crippen LogP contribution in [0.3, 0.4) is 0 Å². The van der Waals surface area contributed by atoms with Gasteiger partial charge in [0.2, 0.25) is 10.0 Å². The molecule has 0 N–H and O–H groups in total. The molecule has 0 amide bonds. The highest BCUT2D eigenvalue weighted by molar-refractivity contribution is 7.89. The largest absolute Gasteiger partial charge is 0.472 e. The maximum absolute atomic E-state index is 12.9. The standard InChI is InChI=1S/C16H19NO5S/c1-4-17(10-13-8-9-22-11-13)23(19,20)15-7-5-6-14(12(15)2)16(18)21-3/h5-9,11H,4,10H2,1-3H3. The van der Waals surface area contributed by atoms with Crippen LogP contribution in [0.1, 0.15) is 28.4 Å². The number of rotatable bonds is 6. The Balaban J connectivity index is 2.44. The van der Waals surface area contributed by atoms with Gasteiger partial charge < -0.3 is 9.15 Å². The molecule has 0 unspecified atom stereocenters.